The van der Waals surface area contributed by atoms with E-state index in [2.05, 4.69) is 24.1 Å². The molecule has 1 amide bonds. The summed E-state index contributed by atoms with van der Waals surface area (Å²) in [6, 6.07) is 15.9. The molecule has 1 aliphatic rings. The first-order valence-electron chi connectivity index (χ1n) is 9.34. The minimum absolute atomic E-state index is 0.00112. The van der Waals surface area contributed by atoms with Crippen molar-refractivity contribution < 1.29 is 14.3 Å². The molecule has 0 aliphatic carbocycles. The van der Waals surface area contributed by atoms with Crippen molar-refractivity contribution >= 4 is 5.91 Å². The number of nitrogens with zero attached hydrogens (tertiary/aromatic N) is 1. The summed E-state index contributed by atoms with van der Waals surface area (Å²) in [4.78, 5) is 15.0. The zero-order valence-electron chi connectivity index (χ0n) is 16.4. The quantitative estimate of drug-likeness (QED) is 0.851. The predicted octanol–water partition coefficient (Wildman–Crippen LogP) is 3.20. The molecule has 1 fully saturated rings. The van der Waals surface area contributed by atoms with Gasteiger partial charge in [-0.2, -0.15) is 0 Å². The van der Waals surface area contributed by atoms with Crippen molar-refractivity contribution in [3.63, 3.8) is 0 Å². The lowest BCUT2D eigenvalue weighted by Crippen LogP contribution is -2.43. The molecule has 5 heteroatoms. The van der Waals surface area contributed by atoms with Crippen molar-refractivity contribution in [1.29, 1.82) is 0 Å². The van der Waals surface area contributed by atoms with Gasteiger partial charge in [0, 0.05) is 37.4 Å². The molecule has 5 nitrogen and oxygen atoms in total. The summed E-state index contributed by atoms with van der Waals surface area (Å²) in [5.74, 6) is 0.747. The summed E-state index contributed by atoms with van der Waals surface area (Å²) in [5, 5.41) is 3.13. The van der Waals surface area contributed by atoms with Crippen molar-refractivity contribution in [2.24, 2.45) is 0 Å². The Hall–Kier alpha value is -2.37. The van der Waals surface area contributed by atoms with Crippen LogP contribution in [0.15, 0.2) is 48.5 Å². The highest BCUT2D eigenvalue weighted by molar-refractivity contribution is 5.95. The van der Waals surface area contributed by atoms with Crippen LogP contribution in [0.4, 0.5) is 0 Å². The highest BCUT2D eigenvalue weighted by atomic mass is 16.5. The van der Waals surface area contributed by atoms with Gasteiger partial charge >= 0.3 is 0 Å². The molecule has 0 unspecified atom stereocenters. The summed E-state index contributed by atoms with van der Waals surface area (Å²) >= 11 is 0. The summed E-state index contributed by atoms with van der Waals surface area (Å²) < 4.78 is 11.0. The summed E-state index contributed by atoms with van der Waals surface area (Å²) in [6.07, 6.45) is 0.0178. The molecular formula is C22H28N2O3. The number of carbonyl (C=O) groups is 1. The number of hydrogen-bond acceptors (Lipinski definition) is 4. The van der Waals surface area contributed by atoms with Gasteiger partial charge in [0.15, 0.2) is 0 Å². The lowest BCUT2D eigenvalue weighted by atomic mass is 10.0. The Bertz CT molecular complexity index is 773. The fourth-order valence-corrected chi connectivity index (χ4v) is 3.54. The largest absolute Gasteiger partial charge is 0.496 e. The van der Waals surface area contributed by atoms with Crippen molar-refractivity contribution in [2.45, 2.75) is 32.0 Å². The first-order valence-corrected chi connectivity index (χ1v) is 9.34. The zero-order valence-corrected chi connectivity index (χ0v) is 16.4. The third-order valence-electron chi connectivity index (χ3n) is 5.21. The Morgan fingerprint density at radius 3 is 2.41 bits per heavy atom. The van der Waals surface area contributed by atoms with Gasteiger partial charge in [0.1, 0.15) is 5.75 Å². The molecule has 0 radical (unpaired) electrons. The fraction of sp³-hybridized carbons (Fsp3) is 0.409. The van der Waals surface area contributed by atoms with Gasteiger partial charge in [-0.1, -0.05) is 30.3 Å². The fourth-order valence-electron chi connectivity index (χ4n) is 3.54. The number of benzene rings is 2. The SMILES string of the molecule is COc1ccccc1-c1ccc(C(=O)N[C@H]2CN(C(C)C)C[C@@H]2OC)cc1. The normalized spacial score (nSPS) is 20.0. The van der Waals surface area contributed by atoms with E-state index >= 15 is 0 Å². The van der Waals surface area contributed by atoms with Crippen molar-refractivity contribution in [2.75, 3.05) is 27.3 Å². The number of carbonyl (C=O) groups excluding carboxylic acids is 1. The van der Waals surface area contributed by atoms with E-state index in [1.54, 1.807) is 14.2 Å². The maximum atomic E-state index is 12.7. The molecule has 1 N–H and O–H groups in total. The van der Waals surface area contributed by atoms with Gasteiger partial charge in [-0.25, -0.2) is 0 Å². The second-order valence-electron chi connectivity index (χ2n) is 7.18. The number of ether oxygens (including phenoxy) is 2. The third-order valence-corrected chi connectivity index (χ3v) is 5.21. The van der Waals surface area contributed by atoms with Gasteiger partial charge in [-0.3, -0.25) is 9.69 Å². The van der Waals surface area contributed by atoms with E-state index in [0.717, 1.165) is 30.0 Å². The Morgan fingerprint density at radius 1 is 1.07 bits per heavy atom. The summed E-state index contributed by atoms with van der Waals surface area (Å²) in [5.41, 5.74) is 2.67. The van der Waals surface area contributed by atoms with Gasteiger partial charge < -0.3 is 14.8 Å². The Labute approximate surface area is 161 Å². The smallest absolute Gasteiger partial charge is 0.251 e. The van der Waals surface area contributed by atoms with Crippen LogP contribution in [0.1, 0.15) is 24.2 Å². The summed E-state index contributed by atoms with van der Waals surface area (Å²) in [6.45, 7) is 5.97. The highest BCUT2D eigenvalue weighted by Crippen LogP contribution is 2.29. The molecule has 3 rings (SSSR count). The van der Waals surface area contributed by atoms with Crippen molar-refractivity contribution in [3.8, 4) is 16.9 Å². The van der Waals surface area contributed by atoms with E-state index in [1.807, 2.05) is 48.5 Å². The molecule has 0 bridgehead atoms. The van der Waals surface area contributed by atoms with Crippen LogP contribution in [-0.2, 0) is 4.74 Å². The second kappa shape index (κ2) is 8.55. The minimum atomic E-state index is -0.0702. The number of para-hydroxylation sites is 1. The monoisotopic (exact) mass is 368 g/mol. The first-order chi connectivity index (χ1) is 13.0. The van der Waals surface area contributed by atoms with Crippen LogP contribution in [0.25, 0.3) is 11.1 Å². The van der Waals surface area contributed by atoms with E-state index in [-0.39, 0.29) is 18.1 Å². The molecule has 27 heavy (non-hydrogen) atoms. The number of methoxy groups -OCH3 is 2. The molecule has 2 atom stereocenters. The molecule has 0 spiro atoms. The number of nitrogens with one attached hydrogen (secondary N) is 1. The Kier molecular flexibility index (Phi) is 6.14. The number of rotatable bonds is 6. The van der Waals surface area contributed by atoms with Gasteiger partial charge in [0.05, 0.1) is 19.3 Å². The van der Waals surface area contributed by atoms with E-state index in [4.69, 9.17) is 9.47 Å². The molecular weight excluding hydrogens is 340 g/mol. The number of amides is 1. The van der Waals surface area contributed by atoms with E-state index < -0.39 is 0 Å². The zero-order chi connectivity index (χ0) is 19.4. The highest BCUT2D eigenvalue weighted by Gasteiger charge is 2.35. The number of hydrogen-bond donors (Lipinski definition) is 1. The standard InChI is InChI=1S/C22H28N2O3/c1-15(2)24-13-19(21(14-24)27-4)23-22(25)17-11-9-16(10-12-17)18-7-5-6-8-20(18)26-3/h5-12,15,19,21H,13-14H2,1-4H3,(H,23,25)/t19-,21-/m0/s1. The van der Waals surface area contributed by atoms with Crippen molar-refractivity contribution in [1.82, 2.24) is 10.2 Å². The van der Waals surface area contributed by atoms with Gasteiger partial charge in [0.25, 0.3) is 5.91 Å². The molecule has 1 heterocycles. The molecule has 2 aromatic rings. The minimum Gasteiger partial charge on any atom is -0.496 e. The van der Waals surface area contributed by atoms with Crippen LogP contribution < -0.4 is 10.1 Å². The van der Waals surface area contributed by atoms with Crippen LogP contribution in [0, 0.1) is 0 Å². The van der Waals surface area contributed by atoms with Gasteiger partial charge in [-0.05, 0) is 37.6 Å². The van der Waals surface area contributed by atoms with Crippen LogP contribution in [0.5, 0.6) is 5.75 Å². The molecule has 1 aliphatic heterocycles. The maximum absolute atomic E-state index is 12.7. The third kappa shape index (κ3) is 4.31. The first kappa shape index (κ1) is 19.4. The lowest BCUT2D eigenvalue weighted by molar-refractivity contribution is 0.0753. The second-order valence-corrected chi connectivity index (χ2v) is 7.18. The topological polar surface area (TPSA) is 50.8 Å². The van der Waals surface area contributed by atoms with Crippen LogP contribution in [0.3, 0.4) is 0 Å². The molecule has 0 aromatic heterocycles. The average Bonchev–Trinajstić information content (AvgIpc) is 3.11. The van der Waals surface area contributed by atoms with Crippen molar-refractivity contribution in [3.05, 3.63) is 54.1 Å². The maximum Gasteiger partial charge on any atom is 0.251 e. The van der Waals surface area contributed by atoms with Crippen LogP contribution >= 0.6 is 0 Å². The van der Waals surface area contributed by atoms with Gasteiger partial charge in [-0.15, -0.1) is 0 Å². The Morgan fingerprint density at radius 2 is 1.78 bits per heavy atom. The van der Waals surface area contributed by atoms with E-state index in [0.29, 0.717) is 11.6 Å². The van der Waals surface area contributed by atoms with Crippen LogP contribution in [-0.4, -0.2) is 56.3 Å². The molecule has 144 valence electrons. The average molecular weight is 368 g/mol. The predicted molar refractivity (Wildman–Crippen MR) is 107 cm³/mol. The lowest BCUT2D eigenvalue weighted by Gasteiger charge is -2.20. The van der Waals surface area contributed by atoms with E-state index in [1.165, 1.54) is 0 Å². The molecule has 0 saturated carbocycles. The molecule has 1 saturated heterocycles. The van der Waals surface area contributed by atoms with Crippen LogP contribution in [0.2, 0.25) is 0 Å². The summed E-state index contributed by atoms with van der Waals surface area (Å²) in [7, 11) is 3.37. The van der Waals surface area contributed by atoms with E-state index in [9.17, 15) is 4.79 Å². The molecule has 2 aromatic carbocycles. The Balaban J connectivity index is 1.71. The van der Waals surface area contributed by atoms with Gasteiger partial charge in [0.2, 0.25) is 0 Å². The number of likely N-dealkylation sites (tertiary alicyclic amines) is 1.